The number of hydrogen-bond acceptors (Lipinski definition) is 2. The molecule has 0 saturated heterocycles. The molecule has 3 aromatic rings. The molecular formula is C20H16N4. The predicted molar refractivity (Wildman–Crippen MR) is 94.6 cm³/mol. The second kappa shape index (κ2) is 5.78. The van der Waals surface area contributed by atoms with Gasteiger partial charge in [-0.15, -0.1) is 0 Å². The highest BCUT2D eigenvalue weighted by Gasteiger charge is 2.41. The van der Waals surface area contributed by atoms with Gasteiger partial charge in [0.05, 0.1) is 12.1 Å². The third-order valence-corrected chi connectivity index (χ3v) is 4.54. The Hall–Kier alpha value is -3.19. The zero-order valence-corrected chi connectivity index (χ0v) is 13.3. The van der Waals surface area contributed by atoms with Gasteiger partial charge in [0.25, 0.3) is 6.04 Å². The number of fused-ring (bicyclic) bond motifs is 1. The first-order valence-corrected chi connectivity index (χ1v) is 7.89. The van der Waals surface area contributed by atoms with Crippen molar-refractivity contribution in [2.24, 2.45) is 4.99 Å². The summed E-state index contributed by atoms with van der Waals surface area (Å²) in [5.41, 5.74) is 5.11. The molecule has 0 bridgehead atoms. The van der Waals surface area contributed by atoms with E-state index in [0.717, 1.165) is 28.2 Å². The topological polar surface area (TPSA) is 45.4 Å². The van der Waals surface area contributed by atoms with Crippen LogP contribution in [0.4, 0.5) is 5.82 Å². The number of aromatic nitrogens is 2. The summed E-state index contributed by atoms with van der Waals surface area (Å²) < 4.78 is 0. The molecule has 2 heterocycles. The molecule has 2 unspecified atom stereocenters. The van der Waals surface area contributed by atoms with E-state index in [2.05, 4.69) is 34.1 Å². The third kappa shape index (κ3) is 2.22. The van der Waals surface area contributed by atoms with Crippen molar-refractivity contribution < 1.29 is 0 Å². The van der Waals surface area contributed by atoms with Crippen LogP contribution in [0.15, 0.2) is 65.8 Å². The molecule has 0 fully saturated rings. The molecule has 0 radical (unpaired) electrons. The van der Waals surface area contributed by atoms with E-state index >= 15 is 0 Å². The summed E-state index contributed by atoms with van der Waals surface area (Å²) in [6.07, 6.45) is 1.80. The average molecular weight is 312 g/mol. The van der Waals surface area contributed by atoms with E-state index in [1.165, 1.54) is 5.56 Å². The maximum absolute atomic E-state index is 7.84. The molecule has 1 aliphatic heterocycles. The number of aromatic amines is 1. The van der Waals surface area contributed by atoms with Crippen molar-refractivity contribution in [3.05, 3.63) is 94.5 Å². The molecular weight excluding hydrogens is 296 g/mol. The fourth-order valence-electron chi connectivity index (χ4n) is 3.37. The highest BCUT2D eigenvalue weighted by Crippen LogP contribution is 2.41. The Morgan fingerprint density at radius 1 is 1.00 bits per heavy atom. The van der Waals surface area contributed by atoms with Crippen molar-refractivity contribution in [2.45, 2.75) is 18.9 Å². The average Bonchev–Trinajstić information content (AvgIpc) is 3.10. The van der Waals surface area contributed by atoms with Crippen molar-refractivity contribution in [1.82, 2.24) is 10.2 Å². The van der Waals surface area contributed by atoms with Gasteiger partial charge in [-0.3, -0.25) is 5.10 Å². The van der Waals surface area contributed by atoms with Crippen LogP contribution in [0, 0.1) is 13.5 Å². The van der Waals surface area contributed by atoms with Gasteiger partial charge in [0.15, 0.2) is 5.82 Å². The molecule has 0 saturated carbocycles. The first-order valence-electron chi connectivity index (χ1n) is 7.89. The fourth-order valence-corrected chi connectivity index (χ4v) is 3.37. The van der Waals surface area contributed by atoms with Crippen molar-refractivity contribution >= 4 is 11.5 Å². The molecule has 24 heavy (non-hydrogen) atoms. The quantitative estimate of drug-likeness (QED) is 0.706. The van der Waals surface area contributed by atoms with E-state index < -0.39 is 0 Å². The summed E-state index contributed by atoms with van der Waals surface area (Å²) in [5, 5.41) is 7.15. The van der Waals surface area contributed by atoms with Crippen LogP contribution in [0.3, 0.4) is 0 Å². The fraction of sp³-hybridized carbons (Fsp3) is 0.150. The first-order chi connectivity index (χ1) is 11.8. The SMILES string of the molecule is [C-]#[N+]C1C(c2ccccc2)=Nc2[nH]ncc2C1c1ccccc1C. The summed E-state index contributed by atoms with van der Waals surface area (Å²) in [6, 6.07) is 17.8. The molecule has 0 spiro atoms. The molecule has 1 aliphatic rings. The Morgan fingerprint density at radius 2 is 1.75 bits per heavy atom. The number of aryl methyl sites for hydroxylation is 1. The lowest BCUT2D eigenvalue weighted by atomic mass is 9.79. The molecule has 2 aromatic carbocycles. The first kappa shape index (κ1) is 14.4. The number of aliphatic imine (C=N–C) groups is 1. The molecule has 1 aromatic heterocycles. The lowest BCUT2D eigenvalue weighted by Gasteiger charge is -2.25. The molecule has 0 amide bonds. The van der Waals surface area contributed by atoms with Gasteiger partial charge < -0.3 is 4.85 Å². The number of nitrogens with one attached hydrogen (secondary N) is 1. The molecule has 4 heteroatoms. The Labute approximate surface area is 140 Å². The number of hydrogen-bond donors (Lipinski definition) is 1. The lowest BCUT2D eigenvalue weighted by Crippen LogP contribution is -2.30. The smallest absolute Gasteiger partial charge is 0.276 e. The van der Waals surface area contributed by atoms with Crippen molar-refractivity contribution in [2.75, 3.05) is 0 Å². The Kier molecular flexibility index (Phi) is 3.47. The summed E-state index contributed by atoms with van der Waals surface area (Å²) in [6.45, 7) is 9.92. The van der Waals surface area contributed by atoms with E-state index in [1.54, 1.807) is 6.20 Å². The number of rotatable bonds is 2. The van der Waals surface area contributed by atoms with E-state index in [1.807, 2.05) is 42.5 Å². The van der Waals surface area contributed by atoms with E-state index in [0.29, 0.717) is 0 Å². The van der Waals surface area contributed by atoms with Crippen molar-refractivity contribution in [1.29, 1.82) is 0 Å². The van der Waals surface area contributed by atoms with Crippen LogP contribution in [0.25, 0.3) is 4.85 Å². The maximum Gasteiger partial charge on any atom is 0.276 e. The molecule has 116 valence electrons. The largest absolute Gasteiger partial charge is 0.306 e. The van der Waals surface area contributed by atoms with Gasteiger partial charge in [-0.05, 0) is 18.1 Å². The highest BCUT2D eigenvalue weighted by atomic mass is 15.2. The molecule has 4 rings (SSSR count). The lowest BCUT2D eigenvalue weighted by molar-refractivity contribution is 0.787. The highest BCUT2D eigenvalue weighted by molar-refractivity contribution is 6.08. The van der Waals surface area contributed by atoms with Gasteiger partial charge in [0.1, 0.15) is 5.71 Å². The minimum atomic E-state index is -0.362. The predicted octanol–water partition coefficient (Wildman–Crippen LogP) is 4.27. The zero-order chi connectivity index (χ0) is 16.5. The van der Waals surface area contributed by atoms with Gasteiger partial charge in [0, 0.05) is 11.1 Å². The standard InChI is InChI=1S/C20H16N4/c1-13-8-6-7-11-15(13)17-16-12-22-24-20(16)23-18(19(17)21-2)14-9-4-3-5-10-14/h3-12,17,19H,1H3,(H,22,24). The van der Waals surface area contributed by atoms with E-state index in [9.17, 15) is 0 Å². The second-order valence-electron chi connectivity index (χ2n) is 5.95. The van der Waals surface area contributed by atoms with E-state index in [-0.39, 0.29) is 12.0 Å². The summed E-state index contributed by atoms with van der Waals surface area (Å²) in [4.78, 5) is 8.68. The summed E-state index contributed by atoms with van der Waals surface area (Å²) >= 11 is 0. The van der Waals surface area contributed by atoms with Crippen LogP contribution in [-0.4, -0.2) is 22.0 Å². The van der Waals surface area contributed by atoms with Crippen LogP contribution in [0.5, 0.6) is 0 Å². The Bertz CT molecular complexity index is 947. The number of nitrogens with zero attached hydrogens (tertiary/aromatic N) is 3. The van der Waals surface area contributed by atoms with E-state index in [4.69, 9.17) is 11.6 Å². The summed E-state index contributed by atoms with van der Waals surface area (Å²) in [7, 11) is 0. The molecule has 2 atom stereocenters. The maximum atomic E-state index is 7.84. The third-order valence-electron chi connectivity index (χ3n) is 4.54. The van der Waals surface area contributed by atoms with Gasteiger partial charge in [-0.2, -0.15) is 5.10 Å². The Morgan fingerprint density at radius 3 is 2.50 bits per heavy atom. The van der Waals surface area contributed by atoms with Crippen molar-refractivity contribution in [3.8, 4) is 0 Å². The van der Waals surface area contributed by atoms with Crippen LogP contribution in [0.2, 0.25) is 0 Å². The second-order valence-corrected chi connectivity index (χ2v) is 5.95. The Balaban J connectivity index is 1.94. The van der Waals surface area contributed by atoms with Crippen molar-refractivity contribution in [3.63, 3.8) is 0 Å². The molecule has 1 N–H and O–H groups in total. The van der Waals surface area contributed by atoms with Gasteiger partial charge in [-0.25, -0.2) is 11.6 Å². The van der Waals surface area contributed by atoms with Crippen LogP contribution < -0.4 is 0 Å². The zero-order valence-electron chi connectivity index (χ0n) is 13.3. The van der Waals surface area contributed by atoms with Crippen LogP contribution >= 0.6 is 0 Å². The minimum absolute atomic E-state index is 0.0647. The minimum Gasteiger partial charge on any atom is -0.306 e. The van der Waals surface area contributed by atoms with Gasteiger partial charge >= 0.3 is 0 Å². The number of H-pyrrole nitrogens is 1. The monoisotopic (exact) mass is 312 g/mol. The molecule has 0 aliphatic carbocycles. The van der Waals surface area contributed by atoms with Gasteiger partial charge in [0.2, 0.25) is 0 Å². The van der Waals surface area contributed by atoms with Crippen LogP contribution in [-0.2, 0) is 0 Å². The van der Waals surface area contributed by atoms with Crippen LogP contribution in [0.1, 0.15) is 28.2 Å². The van der Waals surface area contributed by atoms with Gasteiger partial charge in [-0.1, -0.05) is 54.6 Å². The normalized spacial score (nSPS) is 19.2. The number of benzene rings is 2. The summed E-state index contributed by atoms with van der Waals surface area (Å²) in [5.74, 6) is 0.687. The molecule has 4 nitrogen and oxygen atoms in total.